The van der Waals surface area contributed by atoms with Crippen molar-refractivity contribution in [2.75, 3.05) is 0 Å². The first-order valence-corrected chi connectivity index (χ1v) is 8.05. The number of urea groups is 1. The van der Waals surface area contributed by atoms with Gasteiger partial charge >= 0.3 is 12.0 Å². The molecule has 9 heteroatoms. The molecular formula is C17H20N4O5. The van der Waals surface area contributed by atoms with Crippen LogP contribution < -0.4 is 16.6 Å². The number of hydrogen-bond donors (Lipinski definition) is 3. The van der Waals surface area contributed by atoms with Crippen LogP contribution in [-0.2, 0) is 20.7 Å². The van der Waals surface area contributed by atoms with E-state index in [0.29, 0.717) is 16.7 Å². The number of carbonyl (C=O) groups is 3. The van der Waals surface area contributed by atoms with Gasteiger partial charge in [0.05, 0.1) is 17.3 Å². The minimum Gasteiger partial charge on any atom is -0.452 e. The molecule has 0 fully saturated rings. The summed E-state index contributed by atoms with van der Waals surface area (Å²) >= 11 is 0. The number of primary amides is 1. The molecule has 0 radical (unpaired) electrons. The number of aryl methyl sites for hydroxylation is 1. The minimum atomic E-state index is -1.14. The van der Waals surface area contributed by atoms with Gasteiger partial charge < -0.3 is 15.5 Å². The number of rotatable bonds is 6. The molecule has 0 aliphatic heterocycles. The molecule has 2 aromatic rings. The molecule has 1 atom stereocenters. The number of benzene rings is 1. The van der Waals surface area contributed by atoms with Gasteiger partial charge in [-0.1, -0.05) is 26.0 Å². The summed E-state index contributed by atoms with van der Waals surface area (Å²) in [5, 5.41) is 2.35. The number of carbonyl (C=O) groups excluding carboxylic acids is 3. The van der Waals surface area contributed by atoms with Gasteiger partial charge in [-0.3, -0.25) is 19.7 Å². The maximum atomic E-state index is 12.0. The largest absolute Gasteiger partial charge is 0.452 e. The molecule has 0 aliphatic rings. The van der Waals surface area contributed by atoms with Gasteiger partial charge in [-0.2, -0.15) is 0 Å². The SMILES string of the molecule is CC(C)[C@H](OC(=O)CCc1nc2ccccc2c(=O)[nH]1)C(=O)NC(N)=O. The highest BCUT2D eigenvalue weighted by molar-refractivity contribution is 5.96. The van der Waals surface area contributed by atoms with Crippen LogP contribution >= 0.6 is 0 Å². The average molecular weight is 360 g/mol. The number of amides is 3. The molecule has 26 heavy (non-hydrogen) atoms. The van der Waals surface area contributed by atoms with Gasteiger partial charge in [0.1, 0.15) is 5.82 Å². The van der Waals surface area contributed by atoms with E-state index in [1.807, 2.05) is 5.32 Å². The van der Waals surface area contributed by atoms with Crippen LogP contribution in [0.3, 0.4) is 0 Å². The Morgan fingerprint density at radius 2 is 1.96 bits per heavy atom. The van der Waals surface area contributed by atoms with Gasteiger partial charge in [-0.05, 0) is 18.1 Å². The summed E-state index contributed by atoms with van der Waals surface area (Å²) in [7, 11) is 0. The molecule has 9 nitrogen and oxygen atoms in total. The lowest BCUT2D eigenvalue weighted by Crippen LogP contribution is -2.45. The van der Waals surface area contributed by atoms with Crippen molar-refractivity contribution < 1.29 is 19.1 Å². The third-order valence-electron chi connectivity index (χ3n) is 3.60. The van der Waals surface area contributed by atoms with E-state index in [4.69, 9.17) is 10.5 Å². The predicted molar refractivity (Wildman–Crippen MR) is 93.1 cm³/mol. The number of para-hydroxylation sites is 1. The Balaban J connectivity index is 2.02. The number of ether oxygens (including phenoxy) is 1. The molecular weight excluding hydrogens is 340 g/mol. The second kappa shape index (κ2) is 8.24. The van der Waals surface area contributed by atoms with Crippen LogP contribution in [0.1, 0.15) is 26.1 Å². The van der Waals surface area contributed by atoms with E-state index in [1.165, 1.54) is 0 Å². The first-order chi connectivity index (χ1) is 12.3. The second-order valence-electron chi connectivity index (χ2n) is 6.04. The number of H-pyrrole nitrogens is 1. The van der Waals surface area contributed by atoms with E-state index in [-0.39, 0.29) is 24.3 Å². The van der Waals surface area contributed by atoms with E-state index in [2.05, 4.69) is 9.97 Å². The molecule has 1 aromatic heterocycles. The van der Waals surface area contributed by atoms with Crippen LogP contribution in [-0.4, -0.2) is 34.0 Å². The Bertz CT molecular complexity index is 890. The third kappa shape index (κ3) is 4.88. The van der Waals surface area contributed by atoms with Crippen LogP contribution in [0, 0.1) is 5.92 Å². The number of nitrogens with one attached hydrogen (secondary N) is 2. The summed E-state index contributed by atoms with van der Waals surface area (Å²) in [4.78, 5) is 53.6. The smallest absolute Gasteiger partial charge is 0.318 e. The van der Waals surface area contributed by atoms with Gasteiger partial charge in [0, 0.05) is 6.42 Å². The summed E-state index contributed by atoms with van der Waals surface area (Å²) in [6, 6.07) is 5.84. The molecule has 138 valence electrons. The third-order valence-corrected chi connectivity index (χ3v) is 3.60. The van der Waals surface area contributed by atoms with Gasteiger partial charge in [0.2, 0.25) is 0 Å². The fourth-order valence-electron chi connectivity index (χ4n) is 2.36. The highest BCUT2D eigenvalue weighted by Gasteiger charge is 2.27. The molecule has 3 amide bonds. The Morgan fingerprint density at radius 3 is 2.62 bits per heavy atom. The van der Waals surface area contributed by atoms with Crippen molar-refractivity contribution in [2.45, 2.75) is 32.8 Å². The normalized spacial score (nSPS) is 12.0. The van der Waals surface area contributed by atoms with E-state index in [0.717, 1.165) is 0 Å². The molecule has 4 N–H and O–H groups in total. The van der Waals surface area contributed by atoms with Crippen molar-refractivity contribution in [2.24, 2.45) is 11.7 Å². The number of imide groups is 1. The van der Waals surface area contributed by atoms with Gasteiger partial charge in [0.25, 0.3) is 11.5 Å². The molecule has 0 unspecified atom stereocenters. The van der Waals surface area contributed by atoms with Crippen LogP contribution in [0.5, 0.6) is 0 Å². The Labute approximate surface area is 148 Å². The second-order valence-corrected chi connectivity index (χ2v) is 6.04. The van der Waals surface area contributed by atoms with E-state index in [1.54, 1.807) is 38.1 Å². The summed E-state index contributed by atoms with van der Waals surface area (Å²) in [6.45, 7) is 3.34. The van der Waals surface area contributed by atoms with Gasteiger partial charge in [-0.15, -0.1) is 0 Å². The van der Waals surface area contributed by atoms with Crippen molar-refractivity contribution in [1.29, 1.82) is 0 Å². The predicted octanol–water partition coefficient (Wildman–Crippen LogP) is 0.618. The summed E-state index contributed by atoms with van der Waals surface area (Å²) < 4.78 is 5.14. The maximum Gasteiger partial charge on any atom is 0.318 e. The topological polar surface area (TPSA) is 144 Å². The zero-order chi connectivity index (χ0) is 19.3. The van der Waals surface area contributed by atoms with Crippen molar-refractivity contribution in [3.63, 3.8) is 0 Å². The number of hydrogen-bond acceptors (Lipinski definition) is 6. The van der Waals surface area contributed by atoms with E-state index in [9.17, 15) is 19.2 Å². The molecule has 0 bridgehead atoms. The van der Waals surface area contributed by atoms with E-state index < -0.39 is 24.0 Å². The van der Waals surface area contributed by atoms with Crippen molar-refractivity contribution in [1.82, 2.24) is 15.3 Å². The number of fused-ring (bicyclic) bond motifs is 1. The molecule has 0 saturated heterocycles. The highest BCUT2D eigenvalue weighted by Crippen LogP contribution is 2.10. The first-order valence-electron chi connectivity index (χ1n) is 8.05. The lowest BCUT2D eigenvalue weighted by atomic mass is 10.1. The standard InChI is InChI=1S/C17H20N4O5/c1-9(2)14(16(24)21-17(18)25)26-13(22)8-7-12-19-11-6-4-3-5-10(11)15(23)20-12/h3-6,9,14H,7-8H2,1-2H3,(H,19,20,23)(H3,18,21,24,25)/t14-/m0/s1. The lowest BCUT2D eigenvalue weighted by Gasteiger charge is -2.19. The molecule has 0 saturated carbocycles. The highest BCUT2D eigenvalue weighted by atomic mass is 16.5. The minimum absolute atomic E-state index is 0.0889. The Morgan fingerprint density at radius 1 is 1.27 bits per heavy atom. The first kappa shape index (κ1) is 19.1. The fourth-order valence-corrected chi connectivity index (χ4v) is 2.36. The fraction of sp³-hybridized carbons (Fsp3) is 0.353. The van der Waals surface area contributed by atoms with Crippen LogP contribution in [0.4, 0.5) is 4.79 Å². The van der Waals surface area contributed by atoms with E-state index >= 15 is 0 Å². The number of nitrogens with two attached hydrogens (primary N) is 1. The number of aromatic nitrogens is 2. The van der Waals surface area contributed by atoms with Crippen molar-refractivity contribution >= 4 is 28.8 Å². The quantitative estimate of drug-likeness (QED) is 0.644. The van der Waals surface area contributed by atoms with Crippen molar-refractivity contribution in [3.05, 3.63) is 40.4 Å². The summed E-state index contributed by atoms with van der Waals surface area (Å²) in [5.41, 5.74) is 5.14. The van der Waals surface area contributed by atoms with Crippen molar-refractivity contribution in [3.8, 4) is 0 Å². The number of esters is 1. The summed E-state index contributed by atoms with van der Waals surface area (Å²) in [6.07, 6.45) is -1.09. The van der Waals surface area contributed by atoms with Gasteiger partial charge in [-0.25, -0.2) is 9.78 Å². The summed E-state index contributed by atoms with van der Waals surface area (Å²) in [5.74, 6) is -1.44. The number of aromatic amines is 1. The van der Waals surface area contributed by atoms with Crippen LogP contribution in [0.15, 0.2) is 29.1 Å². The maximum absolute atomic E-state index is 12.0. The molecule has 0 aliphatic carbocycles. The number of nitrogens with zero attached hydrogens (tertiary/aromatic N) is 1. The molecule has 2 rings (SSSR count). The zero-order valence-electron chi connectivity index (χ0n) is 14.4. The molecule has 1 aromatic carbocycles. The lowest BCUT2D eigenvalue weighted by molar-refractivity contribution is -0.158. The molecule has 0 spiro atoms. The van der Waals surface area contributed by atoms with Gasteiger partial charge in [0.15, 0.2) is 6.10 Å². The van der Waals surface area contributed by atoms with Crippen LogP contribution in [0.2, 0.25) is 0 Å². The Hall–Kier alpha value is -3.23. The monoisotopic (exact) mass is 360 g/mol. The average Bonchev–Trinajstić information content (AvgIpc) is 2.57. The molecule has 1 heterocycles. The zero-order valence-corrected chi connectivity index (χ0v) is 14.4. The Kier molecular flexibility index (Phi) is 6.05. The van der Waals surface area contributed by atoms with Crippen LogP contribution in [0.25, 0.3) is 10.9 Å².